The predicted octanol–water partition coefficient (Wildman–Crippen LogP) is 2.15. The van der Waals surface area contributed by atoms with E-state index in [1.54, 1.807) is 12.1 Å². The van der Waals surface area contributed by atoms with Crippen LogP contribution in [0.3, 0.4) is 0 Å². The summed E-state index contributed by atoms with van der Waals surface area (Å²) in [6.07, 6.45) is 2.36. The quantitative estimate of drug-likeness (QED) is 0.867. The highest BCUT2D eigenvalue weighted by molar-refractivity contribution is 5.18. The van der Waals surface area contributed by atoms with Gasteiger partial charge in [0.15, 0.2) is 11.6 Å². The van der Waals surface area contributed by atoms with Crippen LogP contribution in [0.15, 0.2) is 18.2 Å². The third-order valence-electron chi connectivity index (χ3n) is 3.17. The maximum atomic E-state index is 13.5. The fourth-order valence-corrected chi connectivity index (χ4v) is 2.31. The minimum Gasteiger partial charge on any atom is -0.313 e. The minimum atomic E-state index is -0.769. The summed E-state index contributed by atoms with van der Waals surface area (Å²) in [6.45, 7) is 2.38. The molecule has 4 heteroatoms. The van der Waals surface area contributed by atoms with Crippen molar-refractivity contribution in [3.8, 4) is 0 Å². The van der Waals surface area contributed by atoms with Crippen LogP contribution in [0.4, 0.5) is 8.78 Å². The Bertz CT molecular complexity index is 376. The van der Waals surface area contributed by atoms with Crippen LogP contribution < -0.4 is 5.32 Å². The second kappa shape index (κ2) is 5.56. The van der Waals surface area contributed by atoms with Crippen molar-refractivity contribution in [2.24, 2.45) is 0 Å². The normalized spacial score (nSPS) is 20.1. The number of nitrogens with zero attached hydrogens (tertiary/aromatic N) is 1. The predicted molar refractivity (Wildman–Crippen MR) is 63.7 cm³/mol. The lowest BCUT2D eigenvalue weighted by Gasteiger charge is -2.21. The van der Waals surface area contributed by atoms with Gasteiger partial charge in [-0.15, -0.1) is 0 Å². The van der Waals surface area contributed by atoms with Gasteiger partial charge in [-0.25, -0.2) is 8.78 Å². The van der Waals surface area contributed by atoms with Gasteiger partial charge in [-0.05, 0) is 32.5 Å². The molecule has 1 aliphatic rings. The van der Waals surface area contributed by atoms with Crippen molar-refractivity contribution in [2.45, 2.75) is 25.4 Å². The maximum Gasteiger partial charge on any atom is 0.163 e. The fourth-order valence-electron chi connectivity index (χ4n) is 2.31. The van der Waals surface area contributed by atoms with Gasteiger partial charge in [0.1, 0.15) is 0 Å². The lowest BCUT2D eigenvalue weighted by atomic mass is 10.1. The number of halogens is 2. The van der Waals surface area contributed by atoms with E-state index in [0.29, 0.717) is 18.2 Å². The topological polar surface area (TPSA) is 15.3 Å². The molecule has 1 unspecified atom stereocenters. The molecule has 1 aliphatic heterocycles. The standard InChI is InChI=1S/C13H18F2N2/c1-17(9-11-5-3-7-16-11)8-10-4-2-6-12(14)13(10)15/h2,4,6,11,16H,3,5,7-9H2,1H3. The first kappa shape index (κ1) is 12.5. The highest BCUT2D eigenvalue weighted by Crippen LogP contribution is 2.14. The van der Waals surface area contributed by atoms with Crippen molar-refractivity contribution in [3.05, 3.63) is 35.4 Å². The monoisotopic (exact) mass is 240 g/mol. The Kier molecular flexibility index (Phi) is 4.07. The summed E-state index contributed by atoms with van der Waals surface area (Å²) in [5.41, 5.74) is 0.422. The first-order valence-corrected chi connectivity index (χ1v) is 6.01. The third kappa shape index (κ3) is 3.23. The molecule has 1 heterocycles. The van der Waals surface area contributed by atoms with E-state index in [4.69, 9.17) is 0 Å². The van der Waals surface area contributed by atoms with Crippen molar-refractivity contribution in [1.29, 1.82) is 0 Å². The van der Waals surface area contributed by atoms with E-state index < -0.39 is 11.6 Å². The summed E-state index contributed by atoms with van der Waals surface area (Å²) in [7, 11) is 1.93. The second-order valence-electron chi connectivity index (χ2n) is 4.70. The summed E-state index contributed by atoms with van der Waals surface area (Å²) in [5, 5.41) is 3.39. The summed E-state index contributed by atoms with van der Waals surface area (Å²) < 4.78 is 26.5. The van der Waals surface area contributed by atoms with Gasteiger partial charge in [0.2, 0.25) is 0 Å². The van der Waals surface area contributed by atoms with Crippen LogP contribution in [0.5, 0.6) is 0 Å². The summed E-state index contributed by atoms with van der Waals surface area (Å²) in [6, 6.07) is 4.82. The fraction of sp³-hybridized carbons (Fsp3) is 0.538. The minimum absolute atomic E-state index is 0.422. The van der Waals surface area contributed by atoms with Crippen molar-refractivity contribution in [1.82, 2.24) is 10.2 Å². The number of hydrogen-bond acceptors (Lipinski definition) is 2. The molecule has 0 radical (unpaired) electrons. The molecule has 17 heavy (non-hydrogen) atoms. The first-order chi connectivity index (χ1) is 8.16. The van der Waals surface area contributed by atoms with E-state index in [0.717, 1.165) is 25.6 Å². The number of benzene rings is 1. The molecular weight excluding hydrogens is 222 g/mol. The zero-order chi connectivity index (χ0) is 12.3. The van der Waals surface area contributed by atoms with Gasteiger partial charge in [-0.3, -0.25) is 0 Å². The molecule has 94 valence electrons. The SMILES string of the molecule is CN(Cc1cccc(F)c1F)CC1CCCN1. The van der Waals surface area contributed by atoms with Crippen LogP contribution in [0.25, 0.3) is 0 Å². The van der Waals surface area contributed by atoms with Gasteiger partial charge in [0, 0.05) is 24.7 Å². The molecule has 0 spiro atoms. The van der Waals surface area contributed by atoms with Crippen molar-refractivity contribution in [2.75, 3.05) is 20.1 Å². The average molecular weight is 240 g/mol. The van der Waals surface area contributed by atoms with Crippen LogP contribution >= 0.6 is 0 Å². The molecule has 0 amide bonds. The highest BCUT2D eigenvalue weighted by Gasteiger charge is 2.17. The van der Waals surface area contributed by atoms with E-state index in [9.17, 15) is 8.78 Å². The molecule has 2 nitrogen and oxygen atoms in total. The zero-order valence-corrected chi connectivity index (χ0v) is 10.0. The zero-order valence-electron chi connectivity index (χ0n) is 10.0. The van der Waals surface area contributed by atoms with Crippen molar-refractivity contribution in [3.63, 3.8) is 0 Å². The second-order valence-corrected chi connectivity index (χ2v) is 4.70. The smallest absolute Gasteiger partial charge is 0.163 e. The van der Waals surface area contributed by atoms with Gasteiger partial charge >= 0.3 is 0 Å². The Labute approximate surface area is 101 Å². The molecule has 2 rings (SSSR count). The molecule has 1 fully saturated rings. The largest absolute Gasteiger partial charge is 0.313 e. The number of hydrogen-bond donors (Lipinski definition) is 1. The van der Waals surface area contributed by atoms with Crippen LogP contribution in [-0.4, -0.2) is 31.1 Å². The molecular formula is C13H18F2N2. The van der Waals surface area contributed by atoms with Crippen molar-refractivity contribution >= 4 is 0 Å². The number of likely N-dealkylation sites (N-methyl/N-ethyl adjacent to an activating group) is 1. The van der Waals surface area contributed by atoms with E-state index in [1.165, 1.54) is 6.42 Å². The third-order valence-corrected chi connectivity index (χ3v) is 3.17. The van der Waals surface area contributed by atoms with Gasteiger partial charge in [0.25, 0.3) is 0 Å². The molecule has 1 aromatic rings. The molecule has 0 saturated carbocycles. The molecule has 1 atom stereocenters. The molecule has 1 N–H and O–H groups in total. The Morgan fingerprint density at radius 3 is 2.94 bits per heavy atom. The Balaban J connectivity index is 1.93. The maximum absolute atomic E-state index is 13.5. The summed E-state index contributed by atoms with van der Waals surface area (Å²) in [4.78, 5) is 2.03. The van der Waals surface area contributed by atoms with Crippen LogP contribution in [-0.2, 0) is 6.54 Å². The molecule has 0 bridgehead atoms. The highest BCUT2D eigenvalue weighted by atomic mass is 19.2. The Morgan fingerprint density at radius 1 is 1.41 bits per heavy atom. The van der Waals surface area contributed by atoms with E-state index >= 15 is 0 Å². The Hall–Kier alpha value is -1.00. The lowest BCUT2D eigenvalue weighted by Crippen LogP contribution is -2.35. The van der Waals surface area contributed by atoms with Crippen LogP contribution in [0.2, 0.25) is 0 Å². The van der Waals surface area contributed by atoms with Gasteiger partial charge < -0.3 is 10.2 Å². The van der Waals surface area contributed by atoms with E-state index in [-0.39, 0.29) is 0 Å². The van der Waals surface area contributed by atoms with Gasteiger partial charge in [-0.1, -0.05) is 12.1 Å². The summed E-state index contributed by atoms with van der Waals surface area (Å²) >= 11 is 0. The molecule has 0 aromatic heterocycles. The van der Waals surface area contributed by atoms with Crippen LogP contribution in [0.1, 0.15) is 18.4 Å². The van der Waals surface area contributed by atoms with E-state index in [2.05, 4.69) is 5.32 Å². The summed E-state index contributed by atoms with van der Waals surface area (Å²) in [5.74, 6) is -1.49. The lowest BCUT2D eigenvalue weighted by molar-refractivity contribution is 0.287. The number of rotatable bonds is 4. The average Bonchev–Trinajstić information content (AvgIpc) is 2.77. The van der Waals surface area contributed by atoms with E-state index in [1.807, 2.05) is 11.9 Å². The van der Waals surface area contributed by atoms with Gasteiger partial charge in [0.05, 0.1) is 0 Å². The van der Waals surface area contributed by atoms with Crippen LogP contribution in [0, 0.1) is 11.6 Å². The van der Waals surface area contributed by atoms with Crippen molar-refractivity contribution < 1.29 is 8.78 Å². The number of nitrogens with one attached hydrogen (secondary N) is 1. The first-order valence-electron chi connectivity index (χ1n) is 6.01. The Morgan fingerprint density at radius 2 is 2.24 bits per heavy atom. The van der Waals surface area contributed by atoms with Gasteiger partial charge in [-0.2, -0.15) is 0 Å². The molecule has 1 saturated heterocycles. The molecule has 0 aliphatic carbocycles. The molecule has 1 aromatic carbocycles.